The minimum atomic E-state index is -1.17. The van der Waals surface area contributed by atoms with Gasteiger partial charge in [-0.25, -0.2) is 0 Å². The quantitative estimate of drug-likeness (QED) is 0.548. The van der Waals surface area contributed by atoms with Crippen molar-refractivity contribution in [3.8, 4) is 0 Å². The van der Waals surface area contributed by atoms with Gasteiger partial charge in [0.05, 0.1) is 0 Å². The molecule has 71 valence electrons. The van der Waals surface area contributed by atoms with E-state index in [2.05, 4.69) is 31.2 Å². The van der Waals surface area contributed by atoms with Crippen LogP contribution < -0.4 is 0 Å². The number of aryl methyl sites for hydroxylation is 1. The second kappa shape index (κ2) is 5.69. The Kier molecular flexibility index (Phi) is 4.85. The van der Waals surface area contributed by atoms with Gasteiger partial charge in [-0.2, -0.15) is 0 Å². The van der Waals surface area contributed by atoms with Gasteiger partial charge >= 0.3 is 0 Å². The summed E-state index contributed by atoms with van der Waals surface area (Å²) in [6, 6.07) is 9.41. The lowest BCUT2D eigenvalue weighted by Crippen LogP contribution is -1.99. The third kappa shape index (κ3) is 4.16. The van der Waals surface area contributed by atoms with Crippen LogP contribution in [-0.2, 0) is 12.5 Å². The Labute approximate surface area is 90.9 Å². The predicted molar refractivity (Wildman–Crippen MR) is 61.6 cm³/mol. The molecule has 0 saturated heterocycles. The monoisotopic (exact) mass is 231 g/mol. The molecule has 1 radical (unpaired) electrons. The van der Waals surface area contributed by atoms with Crippen molar-refractivity contribution >= 4 is 29.6 Å². The molecule has 0 amide bonds. The summed E-state index contributed by atoms with van der Waals surface area (Å²) in [5.41, 5.74) is 2.64. The largest absolute Gasteiger partial charge is 0.278 e. The lowest BCUT2D eigenvalue weighted by molar-refractivity contribution is 0.921. The zero-order chi connectivity index (χ0) is 9.68. The van der Waals surface area contributed by atoms with Gasteiger partial charge in [0.25, 0.3) is 7.42 Å². The number of hydrogen-bond donors (Lipinski definition) is 0. The summed E-state index contributed by atoms with van der Waals surface area (Å²) in [4.78, 5) is 0. The minimum absolute atomic E-state index is 0.834. The van der Waals surface area contributed by atoms with Gasteiger partial charge in [-0.3, -0.25) is 0 Å². The molecule has 0 heterocycles. The molecule has 0 N–H and O–H groups in total. The van der Waals surface area contributed by atoms with Crippen molar-refractivity contribution in [3.05, 3.63) is 35.4 Å². The van der Waals surface area contributed by atoms with Crippen molar-refractivity contribution in [3.63, 3.8) is 0 Å². The van der Waals surface area contributed by atoms with Gasteiger partial charge in [-0.05, 0) is 23.6 Å². The fraction of sp³-hybridized carbons (Fsp3) is 0.400. The summed E-state index contributed by atoms with van der Waals surface area (Å²) >= 11 is 11.6. The third-order valence-electron chi connectivity index (χ3n) is 1.90. The van der Waals surface area contributed by atoms with Crippen LogP contribution in [0.15, 0.2) is 24.3 Å². The van der Waals surface area contributed by atoms with E-state index in [1.807, 2.05) is 0 Å². The fourth-order valence-electron chi connectivity index (χ4n) is 1.27. The van der Waals surface area contributed by atoms with E-state index in [4.69, 9.17) is 22.2 Å². The minimum Gasteiger partial charge on any atom is -0.146 e. The van der Waals surface area contributed by atoms with Gasteiger partial charge in [-0.1, -0.05) is 37.6 Å². The van der Waals surface area contributed by atoms with E-state index < -0.39 is 7.42 Å². The maximum absolute atomic E-state index is 5.78. The van der Waals surface area contributed by atoms with Crippen LogP contribution in [-0.4, -0.2) is 7.42 Å². The molecular formula is C10H13Cl2Si. The standard InChI is InChI=1S/C10H13Cl2Si/c1-2-3-9-4-6-10(7-5-9)8-13(11)12/h4-7H,2-3,8H2,1H3. The second-order valence-corrected chi connectivity index (χ2v) is 7.43. The van der Waals surface area contributed by atoms with Gasteiger partial charge in [-0.15, -0.1) is 22.2 Å². The summed E-state index contributed by atoms with van der Waals surface area (Å²) in [5.74, 6) is 0. The van der Waals surface area contributed by atoms with Crippen LogP contribution in [0.25, 0.3) is 0 Å². The van der Waals surface area contributed by atoms with Crippen LogP contribution in [0, 0.1) is 0 Å². The van der Waals surface area contributed by atoms with Crippen molar-refractivity contribution in [1.29, 1.82) is 0 Å². The zero-order valence-electron chi connectivity index (χ0n) is 7.69. The Morgan fingerprint density at radius 1 is 1.08 bits per heavy atom. The first kappa shape index (κ1) is 11.1. The van der Waals surface area contributed by atoms with Crippen LogP contribution >= 0.6 is 22.2 Å². The first-order chi connectivity index (χ1) is 6.22. The highest BCUT2D eigenvalue weighted by molar-refractivity contribution is 7.33. The Hall–Kier alpha value is 0.0169. The maximum atomic E-state index is 5.78. The average molecular weight is 232 g/mol. The first-order valence-electron chi connectivity index (χ1n) is 4.47. The van der Waals surface area contributed by atoms with Crippen LogP contribution in [0.3, 0.4) is 0 Å². The molecule has 0 unspecified atom stereocenters. The van der Waals surface area contributed by atoms with Crippen molar-refractivity contribution in [2.45, 2.75) is 25.8 Å². The van der Waals surface area contributed by atoms with Crippen molar-refractivity contribution < 1.29 is 0 Å². The molecule has 0 bridgehead atoms. The van der Waals surface area contributed by atoms with Crippen LogP contribution in [0.5, 0.6) is 0 Å². The molecule has 0 nitrogen and oxygen atoms in total. The molecule has 0 saturated carbocycles. The number of rotatable bonds is 4. The highest BCUT2D eigenvalue weighted by atomic mass is 35.7. The predicted octanol–water partition coefficient (Wildman–Crippen LogP) is 3.69. The summed E-state index contributed by atoms with van der Waals surface area (Å²) in [5, 5.41) is 0. The lowest BCUT2D eigenvalue weighted by Gasteiger charge is -2.02. The Morgan fingerprint density at radius 3 is 2.08 bits per heavy atom. The van der Waals surface area contributed by atoms with Gasteiger partial charge in [0.2, 0.25) is 0 Å². The molecular weight excluding hydrogens is 219 g/mol. The van der Waals surface area contributed by atoms with Gasteiger partial charge in [0, 0.05) is 0 Å². The van der Waals surface area contributed by atoms with Gasteiger partial charge in [0.1, 0.15) is 0 Å². The SMILES string of the molecule is CCCc1ccc(C[Si](Cl)Cl)cc1. The zero-order valence-corrected chi connectivity index (χ0v) is 10.2. The number of benzene rings is 1. The average Bonchev–Trinajstić information content (AvgIpc) is 2.08. The number of hydrogen-bond acceptors (Lipinski definition) is 0. The van der Waals surface area contributed by atoms with E-state index in [0.717, 1.165) is 12.5 Å². The number of halogens is 2. The van der Waals surface area contributed by atoms with Gasteiger partial charge in [0.15, 0.2) is 0 Å². The molecule has 0 aliphatic carbocycles. The lowest BCUT2D eigenvalue weighted by atomic mass is 10.1. The Morgan fingerprint density at radius 2 is 1.62 bits per heavy atom. The molecule has 1 aromatic rings. The van der Waals surface area contributed by atoms with Crippen molar-refractivity contribution in [1.82, 2.24) is 0 Å². The van der Waals surface area contributed by atoms with Crippen molar-refractivity contribution in [2.75, 3.05) is 0 Å². The molecule has 1 rings (SSSR count). The fourth-order valence-corrected chi connectivity index (χ4v) is 2.74. The van der Waals surface area contributed by atoms with Crippen LogP contribution in [0.1, 0.15) is 24.5 Å². The smallest absolute Gasteiger partial charge is 0.146 e. The van der Waals surface area contributed by atoms with Crippen LogP contribution in [0.4, 0.5) is 0 Å². The van der Waals surface area contributed by atoms with E-state index in [0.29, 0.717) is 0 Å². The molecule has 13 heavy (non-hydrogen) atoms. The summed E-state index contributed by atoms with van der Waals surface area (Å²) in [6.07, 6.45) is 2.35. The molecule has 0 fully saturated rings. The second-order valence-electron chi connectivity index (χ2n) is 3.08. The van der Waals surface area contributed by atoms with Gasteiger partial charge < -0.3 is 0 Å². The van der Waals surface area contributed by atoms with E-state index in [-0.39, 0.29) is 0 Å². The van der Waals surface area contributed by atoms with E-state index in [9.17, 15) is 0 Å². The van der Waals surface area contributed by atoms with E-state index in [1.54, 1.807) is 0 Å². The highest BCUT2D eigenvalue weighted by Crippen LogP contribution is 2.10. The topological polar surface area (TPSA) is 0 Å². The molecule has 1 aromatic carbocycles. The molecule has 0 spiro atoms. The summed E-state index contributed by atoms with van der Waals surface area (Å²) in [6.45, 7) is 2.19. The first-order valence-corrected chi connectivity index (χ1v) is 8.20. The summed E-state index contributed by atoms with van der Waals surface area (Å²) in [7, 11) is -1.17. The molecule has 3 heteroatoms. The molecule has 0 aliphatic heterocycles. The molecule has 0 aromatic heterocycles. The Balaban J connectivity index is 2.59. The van der Waals surface area contributed by atoms with E-state index in [1.165, 1.54) is 17.5 Å². The summed E-state index contributed by atoms with van der Waals surface area (Å²) < 4.78 is 0. The molecule has 0 atom stereocenters. The Bertz CT molecular complexity index is 244. The third-order valence-corrected chi connectivity index (χ3v) is 3.38. The normalized spacial score (nSPS) is 10.8. The molecule has 0 aliphatic rings. The highest BCUT2D eigenvalue weighted by Gasteiger charge is 2.04. The van der Waals surface area contributed by atoms with Crippen LogP contribution in [0.2, 0.25) is 0 Å². The van der Waals surface area contributed by atoms with Crippen molar-refractivity contribution in [2.24, 2.45) is 0 Å². The maximum Gasteiger partial charge on any atom is 0.278 e. The van der Waals surface area contributed by atoms with E-state index >= 15 is 0 Å².